The Morgan fingerprint density at radius 1 is 1.10 bits per heavy atom. The molecule has 9 heteroatoms. The molecule has 0 atom stereocenters. The highest BCUT2D eigenvalue weighted by molar-refractivity contribution is 7.21. The summed E-state index contributed by atoms with van der Waals surface area (Å²) in [7, 11) is 1.57. The lowest BCUT2D eigenvalue weighted by molar-refractivity contribution is 0.147. The molecule has 2 aromatic heterocycles. The van der Waals surface area contributed by atoms with E-state index in [9.17, 15) is 4.79 Å². The lowest BCUT2D eigenvalue weighted by atomic mass is 10.1. The molecule has 0 aliphatic heterocycles. The minimum atomic E-state index is -0.844. The van der Waals surface area contributed by atoms with E-state index in [2.05, 4.69) is 20.8 Å². The molecule has 0 N–H and O–H groups in total. The summed E-state index contributed by atoms with van der Waals surface area (Å²) in [6.45, 7) is 4.30. The monoisotopic (exact) mass is 443 g/mol. The summed E-state index contributed by atoms with van der Waals surface area (Å²) in [6, 6.07) is 7.88. The smallest absolute Gasteiger partial charge is 0.403 e. The molecule has 0 aliphatic rings. The fourth-order valence-corrected chi connectivity index (χ4v) is 4.32. The summed E-state index contributed by atoms with van der Waals surface area (Å²) in [6.07, 6.45) is 1.61. The molecule has 0 amide bonds. The van der Waals surface area contributed by atoms with E-state index in [1.165, 1.54) is 0 Å². The lowest BCUT2D eigenvalue weighted by Crippen LogP contribution is -2.07. The number of hydrogen-bond acceptors (Lipinski definition) is 8. The Morgan fingerprint density at radius 3 is 2.70 bits per heavy atom. The van der Waals surface area contributed by atoms with Crippen LogP contribution >= 0.6 is 22.9 Å². The summed E-state index contributed by atoms with van der Waals surface area (Å²) in [5.41, 5.74) is 4.58. The number of carbonyl (C=O) groups excluding carboxylic acids is 1. The highest BCUT2D eigenvalue weighted by Gasteiger charge is 2.15. The normalized spacial score (nSPS) is 11.1. The van der Waals surface area contributed by atoms with Crippen molar-refractivity contribution >= 4 is 49.6 Å². The number of methoxy groups -OCH3 is 1. The maximum Gasteiger partial charge on any atom is 0.403 e. The van der Waals surface area contributed by atoms with E-state index in [0.717, 1.165) is 42.9 Å². The summed E-state index contributed by atoms with van der Waals surface area (Å²) < 4.78 is 16.6. The molecule has 0 unspecified atom stereocenters. The Balaban J connectivity index is 1.72. The Bertz CT molecular complexity index is 1260. The number of aromatic nitrogens is 3. The fraction of sp³-hybridized carbons (Fsp3) is 0.238. The van der Waals surface area contributed by atoms with E-state index in [1.807, 2.05) is 32.0 Å². The standard InChI is InChI=1S/C21H18ClN3O4S/c1-11-6-14(19-15(7-11)24-17(27-3)10-23-19)20-25-18-12(2)8-13(9-16(18)30-20)28-4-5-29-21(22)26/h6-10H,4-5H2,1-3H3. The second kappa shape index (κ2) is 8.41. The van der Waals surface area contributed by atoms with Crippen molar-refractivity contribution in [3.63, 3.8) is 0 Å². The van der Waals surface area contributed by atoms with Crippen LogP contribution in [0.5, 0.6) is 11.6 Å². The van der Waals surface area contributed by atoms with Gasteiger partial charge in [-0.3, -0.25) is 0 Å². The van der Waals surface area contributed by atoms with Crippen molar-refractivity contribution < 1.29 is 19.0 Å². The van der Waals surface area contributed by atoms with Gasteiger partial charge in [-0.05, 0) is 49.2 Å². The van der Waals surface area contributed by atoms with Crippen LogP contribution in [0.4, 0.5) is 4.79 Å². The highest BCUT2D eigenvalue weighted by atomic mass is 35.5. The van der Waals surface area contributed by atoms with Crippen LogP contribution in [0.2, 0.25) is 0 Å². The number of ether oxygens (including phenoxy) is 3. The van der Waals surface area contributed by atoms with Crippen LogP contribution in [0, 0.1) is 13.8 Å². The first kappa shape index (κ1) is 20.3. The molecule has 4 aromatic rings. The van der Waals surface area contributed by atoms with Gasteiger partial charge in [-0.15, -0.1) is 11.3 Å². The molecule has 0 saturated carbocycles. The molecule has 0 radical (unpaired) electrons. The summed E-state index contributed by atoms with van der Waals surface area (Å²) >= 11 is 6.71. The van der Waals surface area contributed by atoms with Gasteiger partial charge in [-0.2, -0.15) is 0 Å². The van der Waals surface area contributed by atoms with E-state index in [-0.39, 0.29) is 13.2 Å². The van der Waals surface area contributed by atoms with Crippen LogP contribution in [-0.4, -0.2) is 40.7 Å². The first-order chi connectivity index (χ1) is 14.4. The molecule has 30 heavy (non-hydrogen) atoms. The maximum absolute atomic E-state index is 10.6. The van der Waals surface area contributed by atoms with Crippen LogP contribution in [0.1, 0.15) is 11.1 Å². The van der Waals surface area contributed by atoms with Crippen molar-refractivity contribution in [2.45, 2.75) is 13.8 Å². The van der Waals surface area contributed by atoms with Crippen LogP contribution < -0.4 is 9.47 Å². The number of nitrogens with zero attached hydrogens (tertiary/aromatic N) is 3. The number of fused-ring (bicyclic) bond motifs is 2. The van der Waals surface area contributed by atoms with Gasteiger partial charge in [0, 0.05) is 17.2 Å². The fourth-order valence-electron chi connectivity index (χ4n) is 3.15. The van der Waals surface area contributed by atoms with Gasteiger partial charge in [0.25, 0.3) is 0 Å². The molecule has 0 aliphatic carbocycles. The third-order valence-corrected chi connectivity index (χ3v) is 5.58. The predicted molar refractivity (Wildman–Crippen MR) is 117 cm³/mol. The number of aryl methyl sites for hydroxylation is 2. The van der Waals surface area contributed by atoms with Gasteiger partial charge in [0.1, 0.15) is 24.0 Å². The van der Waals surface area contributed by atoms with Crippen LogP contribution in [0.15, 0.2) is 30.5 Å². The summed E-state index contributed by atoms with van der Waals surface area (Å²) in [4.78, 5) is 24.5. The van der Waals surface area contributed by atoms with Gasteiger partial charge in [0.15, 0.2) is 0 Å². The van der Waals surface area contributed by atoms with Gasteiger partial charge in [0.05, 0.1) is 34.6 Å². The van der Waals surface area contributed by atoms with E-state index in [1.54, 1.807) is 24.6 Å². The van der Waals surface area contributed by atoms with Crippen molar-refractivity contribution in [1.82, 2.24) is 15.0 Å². The van der Waals surface area contributed by atoms with Crippen LogP contribution in [-0.2, 0) is 4.74 Å². The van der Waals surface area contributed by atoms with Gasteiger partial charge in [-0.25, -0.2) is 19.7 Å². The first-order valence-corrected chi connectivity index (χ1v) is 10.3. The molecule has 0 spiro atoms. The number of halogens is 1. The number of hydrogen-bond donors (Lipinski definition) is 0. The molecule has 2 aromatic carbocycles. The number of thiazole rings is 1. The molecule has 4 rings (SSSR count). The molecule has 154 valence electrons. The topological polar surface area (TPSA) is 83.4 Å². The maximum atomic E-state index is 10.6. The van der Waals surface area contributed by atoms with Crippen molar-refractivity contribution in [2.75, 3.05) is 20.3 Å². The Morgan fingerprint density at radius 2 is 1.93 bits per heavy atom. The molecule has 0 bridgehead atoms. The summed E-state index contributed by atoms with van der Waals surface area (Å²) in [5.74, 6) is 1.15. The highest BCUT2D eigenvalue weighted by Crippen LogP contribution is 2.37. The Labute approximate surface area is 181 Å². The van der Waals surface area contributed by atoms with E-state index in [4.69, 9.17) is 26.1 Å². The average Bonchev–Trinajstić information content (AvgIpc) is 3.14. The SMILES string of the molecule is COc1cnc2c(-c3nc4c(C)cc(OCCOC(=O)Cl)cc4s3)cc(C)cc2n1. The predicted octanol–water partition coefficient (Wildman–Crippen LogP) is 5.29. The zero-order chi connectivity index (χ0) is 21.3. The first-order valence-electron chi connectivity index (χ1n) is 9.12. The molecule has 7 nitrogen and oxygen atoms in total. The minimum absolute atomic E-state index is 0.0881. The molecule has 2 heterocycles. The molecule has 0 fully saturated rings. The number of benzene rings is 2. The van der Waals surface area contributed by atoms with Crippen LogP contribution in [0.3, 0.4) is 0 Å². The summed E-state index contributed by atoms with van der Waals surface area (Å²) in [5, 5.41) is 0.856. The second-order valence-corrected chi connectivity index (χ2v) is 7.97. The second-order valence-electron chi connectivity index (χ2n) is 6.63. The van der Waals surface area contributed by atoms with E-state index >= 15 is 0 Å². The van der Waals surface area contributed by atoms with E-state index in [0.29, 0.717) is 11.6 Å². The van der Waals surface area contributed by atoms with Crippen molar-refractivity contribution in [1.29, 1.82) is 0 Å². The lowest BCUT2D eigenvalue weighted by Gasteiger charge is -2.06. The third-order valence-electron chi connectivity index (χ3n) is 4.44. The van der Waals surface area contributed by atoms with Gasteiger partial charge in [-0.1, -0.05) is 0 Å². The minimum Gasteiger partial charge on any atom is -0.490 e. The van der Waals surface area contributed by atoms with Crippen molar-refractivity contribution in [3.8, 4) is 22.2 Å². The quantitative estimate of drug-likeness (QED) is 0.296. The van der Waals surface area contributed by atoms with Crippen LogP contribution in [0.25, 0.3) is 31.8 Å². The van der Waals surface area contributed by atoms with E-state index < -0.39 is 5.43 Å². The molecular weight excluding hydrogens is 426 g/mol. The Hall–Kier alpha value is -2.97. The Kier molecular flexibility index (Phi) is 5.69. The largest absolute Gasteiger partial charge is 0.490 e. The number of carbonyl (C=O) groups is 1. The zero-order valence-electron chi connectivity index (χ0n) is 16.6. The third kappa shape index (κ3) is 4.15. The molecular formula is C21H18ClN3O4S. The molecule has 0 saturated heterocycles. The van der Waals surface area contributed by atoms with Crippen molar-refractivity contribution in [3.05, 3.63) is 41.6 Å². The zero-order valence-corrected chi connectivity index (χ0v) is 18.1. The van der Waals surface area contributed by atoms with Gasteiger partial charge < -0.3 is 14.2 Å². The van der Waals surface area contributed by atoms with Crippen molar-refractivity contribution in [2.24, 2.45) is 0 Å². The number of rotatable bonds is 6. The van der Waals surface area contributed by atoms with Gasteiger partial charge in [0.2, 0.25) is 5.88 Å². The average molecular weight is 444 g/mol. The van der Waals surface area contributed by atoms with Gasteiger partial charge >= 0.3 is 5.43 Å².